The van der Waals surface area contributed by atoms with Crippen LogP contribution in [0.2, 0.25) is 0 Å². The minimum Gasteiger partial charge on any atom is -0.370 e. The van der Waals surface area contributed by atoms with Crippen LogP contribution in [0.5, 0.6) is 0 Å². The summed E-state index contributed by atoms with van der Waals surface area (Å²) in [6, 6.07) is 17.2. The molecular formula is C27H36N3O2+. The highest BCUT2D eigenvalue weighted by atomic mass is 16.5. The van der Waals surface area contributed by atoms with Crippen LogP contribution in [0, 0.1) is 6.92 Å². The Kier molecular flexibility index (Phi) is 7.61. The minimum absolute atomic E-state index is 0.0400. The van der Waals surface area contributed by atoms with Crippen LogP contribution in [0.25, 0.3) is 10.9 Å². The number of ether oxygens (including phenoxy) is 1. The van der Waals surface area contributed by atoms with E-state index in [1.165, 1.54) is 27.6 Å². The molecule has 2 aromatic carbocycles. The molecule has 0 bridgehead atoms. The van der Waals surface area contributed by atoms with Crippen molar-refractivity contribution in [2.75, 3.05) is 39.4 Å². The Bertz CT molecular complexity index is 1020. The fourth-order valence-corrected chi connectivity index (χ4v) is 4.75. The van der Waals surface area contributed by atoms with Crippen molar-refractivity contribution in [3.05, 3.63) is 71.4 Å². The second-order valence-corrected chi connectivity index (χ2v) is 8.87. The largest absolute Gasteiger partial charge is 0.370 e. The normalized spacial score (nSPS) is 15.7. The molecule has 1 aliphatic heterocycles. The van der Waals surface area contributed by atoms with E-state index in [9.17, 15) is 4.79 Å². The molecule has 5 heteroatoms. The predicted molar refractivity (Wildman–Crippen MR) is 129 cm³/mol. The molecule has 0 spiro atoms. The van der Waals surface area contributed by atoms with Crippen molar-refractivity contribution < 1.29 is 14.4 Å². The van der Waals surface area contributed by atoms with Crippen LogP contribution < -0.4 is 10.2 Å². The standard InChI is InChI=1S/C27H35N3O2/c1-3-30-20-25(23-7-4-5-8-26(23)30)24(22-11-9-21(2)10-12-22)19-27(31)28-13-6-14-29-15-17-32-18-16-29/h4-5,7-12,20,24H,3,6,13-19H2,1-2H3,(H,28,31)/p+1/t24-/m0/s1. The third-order valence-electron chi connectivity index (χ3n) is 6.63. The lowest BCUT2D eigenvalue weighted by Crippen LogP contribution is -3.14. The first-order chi connectivity index (χ1) is 15.7. The zero-order chi connectivity index (χ0) is 22.3. The lowest BCUT2D eigenvalue weighted by molar-refractivity contribution is -0.908. The maximum absolute atomic E-state index is 13.0. The van der Waals surface area contributed by atoms with Crippen LogP contribution in [0.4, 0.5) is 0 Å². The van der Waals surface area contributed by atoms with Crippen molar-refractivity contribution >= 4 is 16.8 Å². The zero-order valence-electron chi connectivity index (χ0n) is 19.4. The van der Waals surface area contributed by atoms with Crippen LogP contribution in [-0.2, 0) is 16.1 Å². The van der Waals surface area contributed by atoms with Gasteiger partial charge in [-0.2, -0.15) is 0 Å². The van der Waals surface area contributed by atoms with Gasteiger partial charge in [-0.25, -0.2) is 0 Å². The van der Waals surface area contributed by atoms with Crippen LogP contribution in [0.3, 0.4) is 0 Å². The lowest BCUT2D eigenvalue weighted by Gasteiger charge is -2.23. The third kappa shape index (κ3) is 5.40. The van der Waals surface area contributed by atoms with Crippen molar-refractivity contribution in [1.29, 1.82) is 0 Å². The molecule has 2 N–H and O–H groups in total. The molecular weight excluding hydrogens is 398 g/mol. The zero-order valence-corrected chi connectivity index (χ0v) is 19.4. The number of fused-ring (bicyclic) bond motifs is 1. The van der Waals surface area contributed by atoms with E-state index in [-0.39, 0.29) is 11.8 Å². The number of nitrogens with one attached hydrogen (secondary N) is 2. The third-order valence-corrected chi connectivity index (χ3v) is 6.63. The van der Waals surface area contributed by atoms with E-state index in [1.807, 2.05) is 0 Å². The molecule has 1 atom stereocenters. The van der Waals surface area contributed by atoms with Gasteiger partial charge in [0.1, 0.15) is 13.1 Å². The fourth-order valence-electron chi connectivity index (χ4n) is 4.75. The van der Waals surface area contributed by atoms with Gasteiger partial charge in [0, 0.05) is 48.9 Å². The molecule has 0 aliphatic carbocycles. The maximum Gasteiger partial charge on any atom is 0.220 e. The van der Waals surface area contributed by atoms with Gasteiger partial charge >= 0.3 is 0 Å². The number of carbonyl (C=O) groups excluding carboxylic acids is 1. The molecule has 5 nitrogen and oxygen atoms in total. The Morgan fingerprint density at radius 1 is 1.12 bits per heavy atom. The van der Waals surface area contributed by atoms with Crippen LogP contribution >= 0.6 is 0 Å². The van der Waals surface area contributed by atoms with Gasteiger partial charge in [0.25, 0.3) is 0 Å². The molecule has 2 heterocycles. The molecule has 1 fully saturated rings. The van der Waals surface area contributed by atoms with Crippen molar-refractivity contribution in [3.8, 4) is 0 Å². The second kappa shape index (κ2) is 10.8. The summed E-state index contributed by atoms with van der Waals surface area (Å²) in [5.41, 5.74) is 4.90. The van der Waals surface area contributed by atoms with E-state index in [0.717, 1.165) is 52.4 Å². The maximum atomic E-state index is 13.0. The highest BCUT2D eigenvalue weighted by Crippen LogP contribution is 2.35. The first kappa shape index (κ1) is 22.6. The van der Waals surface area contributed by atoms with Crippen LogP contribution in [-0.4, -0.2) is 49.9 Å². The van der Waals surface area contributed by atoms with Crippen molar-refractivity contribution in [2.24, 2.45) is 0 Å². The van der Waals surface area contributed by atoms with Gasteiger partial charge in [-0.1, -0.05) is 48.0 Å². The average molecular weight is 435 g/mol. The Morgan fingerprint density at radius 2 is 1.88 bits per heavy atom. The SMILES string of the molecule is CCn1cc([C@@H](CC(=O)NCCC[NH+]2CCOCC2)c2ccc(C)cc2)c2ccccc21. The van der Waals surface area contributed by atoms with Gasteiger partial charge in [-0.05, 0) is 31.0 Å². The van der Waals surface area contributed by atoms with Crippen molar-refractivity contribution in [1.82, 2.24) is 9.88 Å². The van der Waals surface area contributed by atoms with Gasteiger partial charge in [0.2, 0.25) is 5.91 Å². The van der Waals surface area contributed by atoms with E-state index in [2.05, 4.69) is 78.5 Å². The molecule has 1 amide bonds. The lowest BCUT2D eigenvalue weighted by atomic mass is 9.87. The first-order valence-electron chi connectivity index (χ1n) is 12.0. The number of benzene rings is 2. The van der Waals surface area contributed by atoms with Gasteiger partial charge < -0.3 is 19.5 Å². The number of para-hydroxylation sites is 1. The topological polar surface area (TPSA) is 47.7 Å². The number of hydrogen-bond donors (Lipinski definition) is 2. The smallest absolute Gasteiger partial charge is 0.220 e. The Morgan fingerprint density at radius 3 is 2.62 bits per heavy atom. The van der Waals surface area contributed by atoms with Crippen molar-refractivity contribution in [2.45, 2.75) is 39.2 Å². The number of amides is 1. The van der Waals surface area contributed by atoms with E-state index >= 15 is 0 Å². The van der Waals surface area contributed by atoms with E-state index in [0.29, 0.717) is 6.42 Å². The van der Waals surface area contributed by atoms with Gasteiger partial charge in [-0.3, -0.25) is 4.79 Å². The quantitative estimate of drug-likeness (QED) is 0.509. The molecule has 0 saturated carbocycles. The number of carbonyl (C=O) groups is 1. The summed E-state index contributed by atoms with van der Waals surface area (Å²) >= 11 is 0. The predicted octanol–water partition coefficient (Wildman–Crippen LogP) is 2.91. The van der Waals surface area contributed by atoms with Crippen molar-refractivity contribution in [3.63, 3.8) is 0 Å². The molecule has 1 aliphatic rings. The molecule has 32 heavy (non-hydrogen) atoms. The number of aryl methyl sites for hydroxylation is 2. The summed E-state index contributed by atoms with van der Waals surface area (Å²) in [4.78, 5) is 14.6. The van der Waals surface area contributed by atoms with Crippen LogP contribution in [0.15, 0.2) is 54.7 Å². The summed E-state index contributed by atoms with van der Waals surface area (Å²) in [5, 5.41) is 4.42. The summed E-state index contributed by atoms with van der Waals surface area (Å²) in [7, 11) is 0. The summed E-state index contributed by atoms with van der Waals surface area (Å²) in [6.07, 6.45) is 3.71. The monoisotopic (exact) mass is 434 g/mol. The Hall–Kier alpha value is -2.63. The molecule has 1 saturated heterocycles. The number of aromatic nitrogens is 1. The Balaban J connectivity index is 1.48. The minimum atomic E-state index is 0.0400. The average Bonchev–Trinajstić information content (AvgIpc) is 3.20. The highest BCUT2D eigenvalue weighted by molar-refractivity contribution is 5.86. The fraction of sp³-hybridized carbons (Fsp3) is 0.444. The van der Waals surface area contributed by atoms with E-state index in [1.54, 1.807) is 4.90 Å². The number of hydrogen-bond acceptors (Lipinski definition) is 2. The van der Waals surface area contributed by atoms with Gasteiger partial charge in [0.15, 0.2) is 0 Å². The Labute approximate surface area is 191 Å². The van der Waals surface area contributed by atoms with Gasteiger partial charge in [-0.15, -0.1) is 0 Å². The summed E-state index contributed by atoms with van der Waals surface area (Å²) in [5.74, 6) is 0.166. The second-order valence-electron chi connectivity index (χ2n) is 8.87. The first-order valence-corrected chi connectivity index (χ1v) is 12.0. The van der Waals surface area contributed by atoms with E-state index < -0.39 is 0 Å². The molecule has 0 radical (unpaired) electrons. The van der Waals surface area contributed by atoms with Crippen LogP contribution in [0.1, 0.15) is 42.4 Å². The molecule has 0 unspecified atom stereocenters. The summed E-state index contributed by atoms with van der Waals surface area (Å²) < 4.78 is 7.71. The molecule has 3 aromatic rings. The summed E-state index contributed by atoms with van der Waals surface area (Å²) in [6.45, 7) is 10.9. The number of rotatable bonds is 9. The van der Waals surface area contributed by atoms with E-state index in [4.69, 9.17) is 4.74 Å². The molecule has 1 aromatic heterocycles. The molecule has 170 valence electrons. The highest BCUT2D eigenvalue weighted by Gasteiger charge is 2.22. The number of quaternary nitrogens is 1. The number of nitrogens with zero attached hydrogens (tertiary/aromatic N) is 1. The number of morpholine rings is 1. The molecule has 4 rings (SSSR count). The van der Waals surface area contributed by atoms with Gasteiger partial charge in [0.05, 0.1) is 19.8 Å².